The van der Waals surface area contributed by atoms with Gasteiger partial charge in [-0.05, 0) is 49.7 Å². The molecule has 3 rings (SSSR count). The molecule has 3 nitrogen and oxygen atoms in total. The lowest BCUT2D eigenvalue weighted by atomic mass is 10.1. The molecule has 0 aliphatic carbocycles. The highest BCUT2D eigenvalue weighted by molar-refractivity contribution is 5.84. The third-order valence-electron chi connectivity index (χ3n) is 4.49. The smallest absolute Gasteiger partial charge is 0.0991 e. The van der Waals surface area contributed by atoms with Gasteiger partial charge in [-0.25, -0.2) is 0 Å². The molecule has 2 aromatic rings. The molecule has 2 heterocycles. The fraction of sp³-hybridized carbons (Fsp3) is 0.500. The number of H-pyrrole nitrogens is 1. The summed E-state index contributed by atoms with van der Waals surface area (Å²) in [7, 11) is 0. The zero-order valence-corrected chi connectivity index (χ0v) is 12.6. The van der Waals surface area contributed by atoms with E-state index in [-0.39, 0.29) is 0 Å². The Morgan fingerprint density at radius 1 is 1.05 bits per heavy atom. The van der Waals surface area contributed by atoms with E-state index in [2.05, 4.69) is 22.1 Å². The van der Waals surface area contributed by atoms with Gasteiger partial charge in [-0.2, -0.15) is 5.26 Å². The Labute approximate surface area is 126 Å². The largest absolute Gasteiger partial charge is 0.361 e. The van der Waals surface area contributed by atoms with Crippen LogP contribution in [0, 0.1) is 11.3 Å². The number of aromatic nitrogens is 1. The van der Waals surface area contributed by atoms with Crippen molar-refractivity contribution >= 4 is 10.9 Å². The predicted molar refractivity (Wildman–Crippen MR) is 86.0 cm³/mol. The first-order valence-corrected chi connectivity index (χ1v) is 8.09. The molecule has 0 bridgehead atoms. The Bertz CT molecular complexity index is 625. The van der Waals surface area contributed by atoms with Crippen molar-refractivity contribution in [1.82, 2.24) is 9.88 Å². The molecule has 0 spiro atoms. The van der Waals surface area contributed by atoms with Crippen molar-refractivity contribution in [2.75, 3.05) is 13.1 Å². The van der Waals surface area contributed by atoms with Crippen molar-refractivity contribution < 1.29 is 0 Å². The van der Waals surface area contributed by atoms with E-state index in [1.165, 1.54) is 62.6 Å². The third kappa shape index (κ3) is 3.46. The minimum absolute atomic E-state index is 0.743. The van der Waals surface area contributed by atoms with Crippen molar-refractivity contribution in [1.29, 1.82) is 5.26 Å². The molecule has 1 aromatic heterocycles. The Morgan fingerprint density at radius 3 is 2.48 bits per heavy atom. The molecule has 1 aliphatic heterocycles. The lowest BCUT2D eigenvalue weighted by Crippen LogP contribution is -2.25. The maximum atomic E-state index is 9.08. The van der Waals surface area contributed by atoms with Gasteiger partial charge in [0.05, 0.1) is 11.6 Å². The van der Waals surface area contributed by atoms with Gasteiger partial charge in [0.15, 0.2) is 0 Å². The van der Waals surface area contributed by atoms with Gasteiger partial charge >= 0.3 is 0 Å². The van der Waals surface area contributed by atoms with Crippen LogP contribution in [0.25, 0.3) is 10.9 Å². The summed E-state index contributed by atoms with van der Waals surface area (Å²) in [5.41, 5.74) is 3.20. The summed E-state index contributed by atoms with van der Waals surface area (Å²) in [5.74, 6) is 0. The zero-order valence-electron chi connectivity index (χ0n) is 12.6. The van der Waals surface area contributed by atoms with Crippen LogP contribution in [0.4, 0.5) is 0 Å². The van der Waals surface area contributed by atoms with Gasteiger partial charge in [0, 0.05) is 23.6 Å². The van der Waals surface area contributed by atoms with Crippen molar-refractivity contribution in [3.8, 4) is 6.07 Å². The van der Waals surface area contributed by atoms with Crippen LogP contribution in [-0.2, 0) is 6.54 Å². The molecule has 0 saturated carbocycles. The van der Waals surface area contributed by atoms with Crippen LogP contribution in [-0.4, -0.2) is 23.0 Å². The number of hydrogen-bond donors (Lipinski definition) is 1. The molecule has 1 N–H and O–H groups in total. The minimum atomic E-state index is 0.743. The molecule has 110 valence electrons. The standard InChI is InChI=1S/C18H23N3/c19-12-15-7-8-18-17(11-15)16(13-20-18)14-21-9-5-3-1-2-4-6-10-21/h7-8,11,13,20H,1-6,9-10,14H2. The predicted octanol–water partition coefficient (Wildman–Crippen LogP) is 4.20. The monoisotopic (exact) mass is 281 g/mol. The molecule has 1 saturated heterocycles. The summed E-state index contributed by atoms with van der Waals surface area (Å²) in [4.78, 5) is 5.91. The maximum Gasteiger partial charge on any atom is 0.0991 e. The number of nitrogens with one attached hydrogen (secondary N) is 1. The molecular weight excluding hydrogens is 258 g/mol. The quantitative estimate of drug-likeness (QED) is 0.896. The first-order valence-electron chi connectivity index (χ1n) is 8.09. The lowest BCUT2D eigenvalue weighted by molar-refractivity contribution is 0.261. The summed E-state index contributed by atoms with van der Waals surface area (Å²) in [6, 6.07) is 8.14. The van der Waals surface area contributed by atoms with Gasteiger partial charge in [-0.1, -0.05) is 25.7 Å². The highest BCUT2D eigenvalue weighted by Gasteiger charge is 2.11. The van der Waals surface area contributed by atoms with E-state index >= 15 is 0 Å². The Kier molecular flexibility index (Phi) is 4.57. The minimum Gasteiger partial charge on any atom is -0.361 e. The number of benzene rings is 1. The van der Waals surface area contributed by atoms with Crippen LogP contribution in [0.2, 0.25) is 0 Å². The van der Waals surface area contributed by atoms with E-state index in [0.29, 0.717) is 0 Å². The molecule has 0 atom stereocenters. The average molecular weight is 281 g/mol. The van der Waals surface area contributed by atoms with E-state index in [1.807, 2.05) is 18.2 Å². The molecule has 21 heavy (non-hydrogen) atoms. The van der Waals surface area contributed by atoms with Gasteiger partial charge < -0.3 is 4.98 Å². The summed E-state index contributed by atoms with van der Waals surface area (Å²) in [5, 5.41) is 10.3. The van der Waals surface area contributed by atoms with E-state index < -0.39 is 0 Å². The van der Waals surface area contributed by atoms with Gasteiger partial charge in [0.2, 0.25) is 0 Å². The molecule has 1 aliphatic rings. The number of rotatable bonds is 2. The zero-order chi connectivity index (χ0) is 14.5. The van der Waals surface area contributed by atoms with E-state index in [4.69, 9.17) is 5.26 Å². The topological polar surface area (TPSA) is 42.8 Å². The van der Waals surface area contributed by atoms with E-state index in [9.17, 15) is 0 Å². The Hall–Kier alpha value is -1.79. The molecular formula is C18H23N3. The average Bonchev–Trinajstić information content (AvgIpc) is 2.96. The molecule has 1 aromatic carbocycles. The molecule has 3 heteroatoms. The fourth-order valence-electron chi connectivity index (χ4n) is 3.27. The summed E-state index contributed by atoms with van der Waals surface area (Å²) in [6.45, 7) is 3.39. The van der Waals surface area contributed by atoms with Crippen molar-refractivity contribution in [2.24, 2.45) is 0 Å². The Morgan fingerprint density at radius 2 is 1.76 bits per heavy atom. The Balaban J connectivity index is 1.78. The van der Waals surface area contributed by atoms with Gasteiger partial charge in [0.25, 0.3) is 0 Å². The number of nitrogens with zero attached hydrogens (tertiary/aromatic N) is 2. The highest BCUT2D eigenvalue weighted by atomic mass is 15.1. The summed E-state index contributed by atoms with van der Waals surface area (Å²) < 4.78 is 0. The summed E-state index contributed by atoms with van der Waals surface area (Å²) in [6.07, 6.45) is 10.3. The van der Waals surface area contributed by atoms with E-state index in [0.717, 1.165) is 17.6 Å². The first-order chi connectivity index (χ1) is 10.4. The van der Waals surface area contributed by atoms with Crippen molar-refractivity contribution in [3.63, 3.8) is 0 Å². The molecule has 0 amide bonds. The van der Waals surface area contributed by atoms with Crippen LogP contribution >= 0.6 is 0 Å². The van der Waals surface area contributed by atoms with Crippen LogP contribution in [0.15, 0.2) is 24.4 Å². The van der Waals surface area contributed by atoms with E-state index in [1.54, 1.807) is 0 Å². The van der Waals surface area contributed by atoms with Crippen LogP contribution < -0.4 is 0 Å². The SMILES string of the molecule is N#Cc1ccc2[nH]cc(CN3CCCCCCCC3)c2c1. The second-order valence-corrected chi connectivity index (χ2v) is 6.08. The second kappa shape index (κ2) is 6.78. The van der Waals surface area contributed by atoms with Crippen molar-refractivity contribution in [2.45, 2.75) is 45.1 Å². The van der Waals surface area contributed by atoms with Crippen LogP contribution in [0.3, 0.4) is 0 Å². The third-order valence-corrected chi connectivity index (χ3v) is 4.49. The van der Waals surface area contributed by atoms with Gasteiger partial charge in [0.1, 0.15) is 0 Å². The summed E-state index contributed by atoms with van der Waals surface area (Å²) >= 11 is 0. The van der Waals surface area contributed by atoms with Gasteiger partial charge in [-0.3, -0.25) is 4.90 Å². The van der Waals surface area contributed by atoms with Crippen molar-refractivity contribution in [3.05, 3.63) is 35.5 Å². The normalized spacial score (nSPS) is 17.9. The molecule has 0 radical (unpaired) electrons. The number of hydrogen-bond acceptors (Lipinski definition) is 2. The second-order valence-electron chi connectivity index (χ2n) is 6.08. The number of fused-ring (bicyclic) bond motifs is 1. The fourth-order valence-corrected chi connectivity index (χ4v) is 3.27. The highest BCUT2D eigenvalue weighted by Crippen LogP contribution is 2.22. The molecule has 0 unspecified atom stereocenters. The number of aromatic amines is 1. The van der Waals surface area contributed by atoms with Gasteiger partial charge in [-0.15, -0.1) is 0 Å². The van der Waals surface area contributed by atoms with Crippen LogP contribution in [0.1, 0.15) is 49.7 Å². The maximum absolute atomic E-state index is 9.08. The van der Waals surface area contributed by atoms with Crippen LogP contribution in [0.5, 0.6) is 0 Å². The molecule has 1 fully saturated rings. The first kappa shape index (κ1) is 14.2. The number of nitriles is 1. The lowest BCUT2D eigenvalue weighted by Gasteiger charge is -2.21.